The molecule has 1 saturated carbocycles. The molecule has 14 nitrogen and oxygen atoms in total. The van der Waals surface area contributed by atoms with Gasteiger partial charge in [-0.1, -0.05) is 18.9 Å². The molecule has 7 heterocycles. The van der Waals surface area contributed by atoms with Crippen LogP contribution in [0.1, 0.15) is 83.8 Å². The number of carbonyl (C=O) groups is 4. The molecule has 14 heteroatoms. The summed E-state index contributed by atoms with van der Waals surface area (Å²) in [5.41, 5.74) is 5.39. The third kappa shape index (κ3) is 5.93. The number of nitrogens with zero attached hydrogens (tertiary/aromatic N) is 8. The average Bonchev–Trinajstić information content (AvgIpc) is 3.88. The molecule has 4 aromatic rings. The van der Waals surface area contributed by atoms with Crippen molar-refractivity contribution in [2.24, 2.45) is 5.41 Å². The molecule has 1 unspecified atom stereocenters. The van der Waals surface area contributed by atoms with E-state index in [1.807, 2.05) is 30.5 Å². The SMILES string of the molecule is CN(C)C(=O)c1cc2cnc(Nc3ccc(N4CC5(CCN(c6ccc7c(c6)C(=O)N(C6CCC(=O)NC6=O)C7)CC5)C4)cn3)nc2n1C1CCCC1. The third-order valence-corrected chi connectivity index (χ3v) is 12.0. The number of amides is 4. The third-order valence-electron chi connectivity index (χ3n) is 12.0. The van der Waals surface area contributed by atoms with Crippen molar-refractivity contribution in [1.82, 2.24) is 34.6 Å². The highest BCUT2D eigenvalue weighted by Crippen LogP contribution is 2.44. The molecule has 53 heavy (non-hydrogen) atoms. The van der Waals surface area contributed by atoms with Crippen LogP contribution in [0, 0.1) is 5.41 Å². The van der Waals surface area contributed by atoms with Gasteiger partial charge in [-0.25, -0.2) is 9.97 Å². The number of fused-ring (bicyclic) bond motifs is 2. The molecule has 3 aromatic heterocycles. The standard InChI is InChI=1S/C39H44N10O4/c1-45(2)37(53)31-17-25-19-41-38(44-34(25)49(31)26-5-3-4-6-26)42-32-11-9-28(20-40-32)47-22-39(23-47)13-15-46(16-14-39)27-8-7-24-21-48(36(52)29(24)18-27)30-10-12-33(50)43-35(30)51/h7-9,11,17-20,26,30H,3-6,10,12-16,21-23H2,1-2H3,(H,43,50,51)(H,40,41,42,44). The van der Waals surface area contributed by atoms with Gasteiger partial charge in [0.1, 0.15) is 23.2 Å². The number of imide groups is 1. The van der Waals surface area contributed by atoms with Gasteiger partial charge in [-0.3, -0.25) is 24.5 Å². The number of aromatic nitrogens is 4. The molecule has 1 atom stereocenters. The van der Waals surface area contributed by atoms with Crippen molar-refractivity contribution in [3.63, 3.8) is 0 Å². The molecular weight excluding hydrogens is 672 g/mol. The quantitative estimate of drug-likeness (QED) is 0.266. The van der Waals surface area contributed by atoms with Crippen molar-refractivity contribution in [3.05, 3.63) is 65.6 Å². The van der Waals surface area contributed by atoms with Crippen molar-refractivity contribution < 1.29 is 19.2 Å². The van der Waals surface area contributed by atoms with Gasteiger partial charge in [0.2, 0.25) is 17.8 Å². The van der Waals surface area contributed by atoms with Gasteiger partial charge >= 0.3 is 0 Å². The summed E-state index contributed by atoms with van der Waals surface area (Å²) in [7, 11) is 3.55. The maximum Gasteiger partial charge on any atom is 0.270 e. The normalized spacial score (nSPS) is 21.3. The lowest BCUT2D eigenvalue weighted by atomic mass is 9.71. The van der Waals surface area contributed by atoms with Crippen LogP contribution in [0.5, 0.6) is 0 Å². The van der Waals surface area contributed by atoms with E-state index in [4.69, 9.17) is 9.97 Å². The van der Waals surface area contributed by atoms with Crippen molar-refractivity contribution in [2.45, 2.75) is 70.0 Å². The Balaban J connectivity index is 0.813. The van der Waals surface area contributed by atoms with Gasteiger partial charge in [0.15, 0.2) is 0 Å². The van der Waals surface area contributed by atoms with E-state index in [1.165, 1.54) is 0 Å². The number of nitrogens with one attached hydrogen (secondary N) is 2. The van der Waals surface area contributed by atoms with Crippen LogP contribution in [0.15, 0.2) is 48.8 Å². The fourth-order valence-electron chi connectivity index (χ4n) is 9.00. The van der Waals surface area contributed by atoms with Crippen LogP contribution in [0.25, 0.3) is 11.0 Å². The lowest BCUT2D eigenvalue weighted by Gasteiger charge is -2.55. The number of piperidine rings is 2. The van der Waals surface area contributed by atoms with Gasteiger partial charge < -0.3 is 29.5 Å². The van der Waals surface area contributed by atoms with Gasteiger partial charge in [0, 0.05) is 87.5 Å². The van der Waals surface area contributed by atoms with Crippen LogP contribution in [0.3, 0.4) is 0 Å². The fraction of sp³-hybridized carbons (Fsp3) is 0.462. The van der Waals surface area contributed by atoms with Crippen LogP contribution in [0.2, 0.25) is 0 Å². The highest BCUT2D eigenvalue weighted by atomic mass is 16.2. The van der Waals surface area contributed by atoms with Gasteiger partial charge in [-0.2, -0.15) is 4.98 Å². The van der Waals surface area contributed by atoms with Crippen molar-refractivity contribution in [3.8, 4) is 0 Å². The zero-order valence-corrected chi connectivity index (χ0v) is 30.2. The molecule has 4 amide bonds. The van der Waals surface area contributed by atoms with Gasteiger partial charge in [-0.15, -0.1) is 0 Å². The van der Waals surface area contributed by atoms with Gasteiger partial charge in [0.05, 0.1) is 11.9 Å². The number of benzene rings is 1. The summed E-state index contributed by atoms with van der Waals surface area (Å²) in [6, 6.07) is 11.7. The molecular formula is C39H44N10O4. The molecule has 274 valence electrons. The summed E-state index contributed by atoms with van der Waals surface area (Å²) in [6.07, 6.45) is 10.8. The Bertz CT molecular complexity index is 2120. The number of rotatable bonds is 7. The van der Waals surface area contributed by atoms with E-state index in [1.54, 1.807) is 30.1 Å². The Labute approximate surface area is 307 Å². The Kier molecular flexibility index (Phi) is 8.08. The highest BCUT2D eigenvalue weighted by Gasteiger charge is 2.45. The zero-order valence-electron chi connectivity index (χ0n) is 30.2. The van der Waals surface area contributed by atoms with Gasteiger partial charge in [0.25, 0.3) is 11.8 Å². The average molecular weight is 717 g/mol. The molecule has 5 aliphatic rings. The van der Waals surface area contributed by atoms with Gasteiger partial charge in [-0.05, 0) is 68.0 Å². The number of hydrogen-bond acceptors (Lipinski definition) is 10. The molecule has 9 rings (SSSR count). The zero-order chi connectivity index (χ0) is 36.4. The van der Waals surface area contributed by atoms with Crippen molar-refractivity contribution in [2.75, 3.05) is 55.4 Å². The summed E-state index contributed by atoms with van der Waals surface area (Å²) in [4.78, 5) is 72.6. The van der Waals surface area contributed by atoms with Crippen LogP contribution < -0.4 is 20.4 Å². The van der Waals surface area contributed by atoms with E-state index in [9.17, 15) is 19.2 Å². The molecule has 4 aliphatic heterocycles. The fourth-order valence-corrected chi connectivity index (χ4v) is 9.00. The second kappa shape index (κ2) is 12.8. The summed E-state index contributed by atoms with van der Waals surface area (Å²) >= 11 is 0. The van der Waals surface area contributed by atoms with Crippen LogP contribution >= 0.6 is 0 Å². The predicted molar refractivity (Wildman–Crippen MR) is 199 cm³/mol. The summed E-state index contributed by atoms with van der Waals surface area (Å²) in [6.45, 7) is 4.18. The molecule has 1 spiro atoms. The molecule has 3 saturated heterocycles. The summed E-state index contributed by atoms with van der Waals surface area (Å²) in [5.74, 6) is 0.285. The van der Waals surface area contributed by atoms with Crippen LogP contribution in [0.4, 0.5) is 23.1 Å². The minimum absolute atomic E-state index is 0.0293. The maximum atomic E-state index is 13.4. The topological polar surface area (TPSA) is 149 Å². The minimum Gasteiger partial charge on any atom is -0.371 e. The smallest absolute Gasteiger partial charge is 0.270 e. The first-order valence-corrected chi connectivity index (χ1v) is 18.7. The lowest BCUT2D eigenvalue weighted by molar-refractivity contribution is -0.136. The molecule has 1 aromatic carbocycles. The second-order valence-electron chi connectivity index (χ2n) is 15.6. The molecule has 0 bridgehead atoms. The van der Waals surface area contributed by atoms with E-state index in [0.717, 1.165) is 92.7 Å². The van der Waals surface area contributed by atoms with Crippen LogP contribution in [-0.2, 0) is 16.1 Å². The van der Waals surface area contributed by atoms with E-state index in [0.29, 0.717) is 36.0 Å². The Morgan fingerprint density at radius 2 is 1.70 bits per heavy atom. The maximum absolute atomic E-state index is 13.4. The van der Waals surface area contributed by atoms with Crippen LogP contribution in [-0.4, -0.2) is 99.3 Å². The Morgan fingerprint density at radius 3 is 2.42 bits per heavy atom. The number of carbonyl (C=O) groups excluding carboxylic acids is 4. The second-order valence-corrected chi connectivity index (χ2v) is 15.6. The van der Waals surface area contributed by atoms with E-state index in [-0.39, 0.29) is 41.5 Å². The van der Waals surface area contributed by atoms with E-state index >= 15 is 0 Å². The molecule has 2 N–H and O–H groups in total. The van der Waals surface area contributed by atoms with Crippen molar-refractivity contribution in [1.29, 1.82) is 0 Å². The summed E-state index contributed by atoms with van der Waals surface area (Å²) < 4.78 is 2.11. The summed E-state index contributed by atoms with van der Waals surface area (Å²) in [5, 5.41) is 6.51. The monoisotopic (exact) mass is 716 g/mol. The lowest BCUT2D eigenvalue weighted by Crippen LogP contribution is -2.60. The number of pyridine rings is 1. The number of anilines is 4. The first-order chi connectivity index (χ1) is 25.6. The first-order valence-electron chi connectivity index (χ1n) is 18.7. The Hall–Kier alpha value is -5.53. The first kappa shape index (κ1) is 33.3. The largest absolute Gasteiger partial charge is 0.371 e. The molecule has 4 fully saturated rings. The molecule has 1 aliphatic carbocycles. The highest BCUT2D eigenvalue weighted by molar-refractivity contribution is 6.05. The molecule has 0 radical (unpaired) electrons. The predicted octanol–water partition coefficient (Wildman–Crippen LogP) is 4.25. The number of hydrogen-bond donors (Lipinski definition) is 2. The minimum atomic E-state index is -0.602. The Morgan fingerprint density at radius 1 is 0.925 bits per heavy atom. The van der Waals surface area contributed by atoms with Crippen molar-refractivity contribution >= 4 is 57.8 Å². The van der Waals surface area contributed by atoms with E-state index < -0.39 is 6.04 Å². The van der Waals surface area contributed by atoms with E-state index in [2.05, 4.69) is 42.1 Å².